The number of anilines is 1. The van der Waals surface area contributed by atoms with Gasteiger partial charge in [-0.25, -0.2) is 0 Å². The molecule has 1 aromatic rings. The first-order valence-corrected chi connectivity index (χ1v) is 7.56. The summed E-state index contributed by atoms with van der Waals surface area (Å²) in [5.74, 6) is 0. The van der Waals surface area contributed by atoms with Crippen molar-refractivity contribution in [2.75, 3.05) is 31.6 Å². The standard InChI is InChI=1S/C16H23N3S/c1-3-10-17-16(20)18(2)13-14-8-4-5-9-15(14)19-11-6-7-12-19/h3-5,8-9H,1,6-7,10-13H2,2H3,(H,17,20). The number of rotatable bonds is 5. The molecule has 1 aliphatic rings. The molecule has 0 saturated carbocycles. The van der Waals surface area contributed by atoms with Crippen molar-refractivity contribution in [1.82, 2.24) is 10.2 Å². The van der Waals surface area contributed by atoms with Crippen LogP contribution in [0.5, 0.6) is 0 Å². The van der Waals surface area contributed by atoms with E-state index in [0.717, 1.165) is 11.7 Å². The number of benzene rings is 1. The van der Waals surface area contributed by atoms with Crippen molar-refractivity contribution in [3.63, 3.8) is 0 Å². The Morgan fingerprint density at radius 2 is 2.10 bits per heavy atom. The van der Waals surface area contributed by atoms with Crippen LogP contribution in [0.3, 0.4) is 0 Å². The fraction of sp³-hybridized carbons (Fsp3) is 0.438. The summed E-state index contributed by atoms with van der Waals surface area (Å²) in [5, 5.41) is 3.93. The maximum Gasteiger partial charge on any atom is 0.169 e. The molecule has 0 amide bonds. The molecule has 0 aliphatic carbocycles. The molecule has 108 valence electrons. The Bertz CT molecular complexity index is 467. The van der Waals surface area contributed by atoms with Gasteiger partial charge in [-0.2, -0.15) is 0 Å². The zero-order valence-electron chi connectivity index (χ0n) is 12.1. The van der Waals surface area contributed by atoms with Crippen molar-refractivity contribution in [2.45, 2.75) is 19.4 Å². The highest BCUT2D eigenvalue weighted by Gasteiger charge is 2.16. The van der Waals surface area contributed by atoms with E-state index in [1.807, 2.05) is 13.1 Å². The maximum atomic E-state index is 5.37. The molecule has 1 heterocycles. The van der Waals surface area contributed by atoms with Crippen molar-refractivity contribution in [2.24, 2.45) is 0 Å². The van der Waals surface area contributed by atoms with Crippen LogP contribution in [0.25, 0.3) is 0 Å². The molecule has 1 fully saturated rings. The van der Waals surface area contributed by atoms with Gasteiger partial charge in [0.25, 0.3) is 0 Å². The Balaban J connectivity index is 2.04. The number of hydrogen-bond donors (Lipinski definition) is 1. The highest BCUT2D eigenvalue weighted by molar-refractivity contribution is 7.80. The highest BCUT2D eigenvalue weighted by atomic mass is 32.1. The van der Waals surface area contributed by atoms with Crippen LogP contribution in [0.4, 0.5) is 5.69 Å². The van der Waals surface area contributed by atoms with E-state index in [1.165, 1.54) is 37.2 Å². The summed E-state index contributed by atoms with van der Waals surface area (Å²) in [6.45, 7) is 7.56. The highest BCUT2D eigenvalue weighted by Crippen LogP contribution is 2.25. The van der Waals surface area contributed by atoms with E-state index in [-0.39, 0.29) is 0 Å². The first-order chi connectivity index (χ1) is 9.72. The Morgan fingerprint density at radius 3 is 2.80 bits per heavy atom. The summed E-state index contributed by atoms with van der Waals surface area (Å²) in [5.41, 5.74) is 2.68. The van der Waals surface area contributed by atoms with Gasteiger partial charge < -0.3 is 15.1 Å². The van der Waals surface area contributed by atoms with Crippen LogP contribution in [-0.4, -0.2) is 36.7 Å². The Kier molecular flexibility index (Phi) is 5.41. The molecule has 3 nitrogen and oxygen atoms in total. The molecule has 0 radical (unpaired) electrons. The van der Waals surface area contributed by atoms with Crippen molar-refractivity contribution < 1.29 is 0 Å². The fourth-order valence-electron chi connectivity index (χ4n) is 2.53. The zero-order valence-corrected chi connectivity index (χ0v) is 13.0. The summed E-state index contributed by atoms with van der Waals surface area (Å²) in [4.78, 5) is 4.55. The summed E-state index contributed by atoms with van der Waals surface area (Å²) < 4.78 is 0. The summed E-state index contributed by atoms with van der Waals surface area (Å²) in [6, 6.07) is 8.63. The molecular weight excluding hydrogens is 266 g/mol. The second kappa shape index (κ2) is 7.29. The van der Waals surface area contributed by atoms with Crippen molar-refractivity contribution in [3.8, 4) is 0 Å². The number of para-hydroxylation sites is 1. The monoisotopic (exact) mass is 289 g/mol. The zero-order chi connectivity index (χ0) is 14.4. The lowest BCUT2D eigenvalue weighted by molar-refractivity contribution is 0.492. The van der Waals surface area contributed by atoms with Crippen molar-refractivity contribution >= 4 is 23.0 Å². The van der Waals surface area contributed by atoms with Crippen molar-refractivity contribution in [3.05, 3.63) is 42.5 Å². The van der Waals surface area contributed by atoms with Gasteiger partial charge in [-0.3, -0.25) is 0 Å². The van der Waals surface area contributed by atoms with Crippen LogP contribution in [0.1, 0.15) is 18.4 Å². The predicted molar refractivity (Wildman–Crippen MR) is 90.2 cm³/mol. The molecule has 1 saturated heterocycles. The molecule has 0 unspecified atom stereocenters. The molecule has 2 rings (SSSR count). The van der Waals surface area contributed by atoms with Gasteiger partial charge in [0, 0.05) is 38.9 Å². The second-order valence-electron chi connectivity index (χ2n) is 5.15. The van der Waals surface area contributed by atoms with Gasteiger partial charge in [-0.1, -0.05) is 24.3 Å². The maximum absolute atomic E-state index is 5.37. The largest absolute Gasteiger partial charge is 0.371 e. The van der Waals surface area contributed by atoms with Gasteiger partial charge in [-0.15, -0.1) is 6.58 Å². The average molecular weight is 289 g/mol. The van der Waals surface area contributed by atoms with Crippen LogP contribution in [0, 0.1) is 0 Å². The van der Waals surface area contributed by atoms with Gasteiger partial charge in [0.15, 0.2) is 5.11 Å². The third-order valence-corrected chi connectivity index (χ3v) is 4.05. The molecule has 1 aromatic carbocycles. The predicted octanol–water partition coefficient (Wildman–Crippen LogP) is 2.78. The molecule has 0 spiro atoms. The lowest BCUT2D eigenvalue weighted by atomic mass is 10.1. The first kappa shape index (κ1) is 14.9. The van der Waals surface area contributed by atoms with Crippen LogP contribution in [-0.2, 0) is 6.54 Å². The van der Waals surface area contributed by atoms with Gasteiger partial charge in [0.1, 0.15) is 0 Å². The minimum absolute atomic E-state index is 0.705. The van der Waals surface area contributed by atoms with Gasteiger partial charge in [0.05, 0.1) is 0 Å². The summed E-state index contributed by atoms with van der Waals surface area (Å²) >= 11 is 5.37. The van der Waals surface area contributed by atoms with E-state index in [2.05, 4.69) is 46.0 Å². The molecule has 4 heteroatoms. The lowest BCUT2D eigenvalue weighted by Gasteiger charge is -2.25. The minimum atomic E-state index is 0.705. The van der Waals surface area contributed by atoms with Gasteiger partial charge in [-0.05, 0) is 36.7 Å². The molecule has 0 bridgehead atoms. The normalized spacial score (nSPS) is 14.2. The summed E-state index contributed by atoms with van der Waals surface area (Å²) in [6.07, 6.45) is 4.41. The smallest absolute Gasteiger partial charge is 0.169 e. The topological polar surface area (TPSA) is 18.5 Å². The van der Waals surface area contributed by atoms with Gasteiger partial charge in [0.2, 0.25) is 0 Å². The number of hydrogen-bond acceptors (Lipinski definition) is 2. The molecule has 20 heavy (non-hydrogen) atoms. The lowest BCUT2D eigenvalue weighted by Crippen LogP contribution is -2.36. The first-order valence-electron chi connectivity index (χ1n) is 7.15. The van der Waals surface area contributed by atoms with E-state index in [0.29, 0.717) is 6.54 Å². The quantitative estimate of drug-likeness (QED) is 0.663. The molecular formula is C16H23N3S. The Morgan fingerprint density at radius 1 is 1.40 bits per heavy atom. The second-order valence-corrected chi connectivity index (χ2v) is 5.54. The van der Waals surface area contributed by atoms with E-state index >= 15 is 0 Å². The third-order valence-electron chi connectivity index (χ3n) is 3.59. The van der Waals surface area contributed by atoms with Crippen LogP contribution in [0.2, 0.25) is 0 Å². The number of thiocarbonyl (C=S) groups is 1. The molecule has 0 atom stereocenters. The Labute approximate surface area is 127 Å². The Hall–Kier alpha value is -1.55. The van der Waals surface area contributed by atoms with E-state index < -0.39 is 0 Å². The van der Waals surface area contributed by atoms with E-state index in [9.17, 15) is 0 Å². The molecule has 1 aliphatic heterocycles. The van der Waals surface area contributed by atoms with Crippen LogP contribution >= 0.6 is 12.2 Å². The average Bonchev–Trinajstić information content (AvgIpc) is 2.99. The third kappa shape index (κ3) is 3.73. The SMILES string of the molecule is C=CCNC(=S)N(C)Cc1ccccc1N1CCCC1. The molecule has 0 aromatic heterocycles. The van der Waals surface area contributed by atoms with Crippen LogP contribution in [0.15, 0.2) is 36.9 Å². The van der Waals surface area contributed by atoms with Gasteiger partial charge >= 0.3 is 0 Å². The number of nitrogens with one attached hydrogen (secondary N) is 1. The van der Waals surface area contributed by atoms with Crippen LogP contribution < -0.4 is 10.2 Å². The fourth-order valence-corrected chi connectivity index (χ4v) is 2.68. The summed E-state index contributed by atoms with van der Waals surface area (Å²) in [7, 11) is 2.03. The van der Waals surface area contributed by atoms with E-state index in [4.69, 9.17) is 12.2 Å². The number of nitrogens with zero attached hydrogens (tertiary/aromatic N) is 2. The molecule has 1 N–H and O–H groups in total. The minimum Gasteiger partial charge on any atom is -0.371 e. The van der Waals surface area contributed by atoms with E-state index in [1.54, 1.807) is 0 Å². The van der Waals surface area contributed by atoms with Crippen molar-refractivity contribution in [1.29, 1.82) is 0 Å².